The van der Waals surface area contributed by atoms with E-state index in [1.165, 1.54) is 0 Å². The maximum Gasteiger partial charge on any atom is 0.129 e. The zero-order valence-electron chi connectivity index (χ0n) is 7.29. The summed E-state index contributed by atoms with van der Waals surface area (Å²) < 4.78 is 5.68. The molecule has 0 amide bonds. The SMILES string of the molecule is CC1(C)[C]=Cc2ccccc2O1. The standard InChI is InChI=1S/C11H11O/c1-11(2)8-7-9-5-3-4-6-10(9)12-11/h3-7H,1-2H3. The highest BCUT2D eigenvalue weighted by atomic mass is 16.5. The summed E-state index contributed by atoms with van der Waals surface area (Å²) in [5.74, 6) is 0.946. The molecule has 0 saturated heterocycles. The maximum atomic E-state index is 5.68. The molecule has 12 heavy (non-hydrogen) atoms. The molecule has 0 fully saturated rings. The smallest absolute Gasteiger partial charge is 0.129 e. The Labute approximate surface area is 72.7 Å². The fourth-order valence-corrected chi connectivity index (χ4v) is 1.25. The molecular formula is C11H11O. The highest BCUT2D eigenvalue weighted by Crippen LogP contribution is 2.29. The van der Waals surface area contributed by atoms with Crippen LogP contribution in [-0.2, 0) is 0 Å². The van der Waals surface area contributed by atoms with Crippen LogP contribution in [0.2, 0.25) is 0 Å². The third-order valence-electron chi connectivity index (χ3n) is 1.86. The summed E-state index contributed by atoms with van der Waals surface area (Å²) in [5, 5.41) is 0. The zero-order valence-corrected chi connectivity index (χ0v) is 7.29. The quantitative estimate of drug-likeness (QED) is 0.565. The Kier molecular flexibility index (Phi) is 1.47. The predicted octanol–water partition coefficient (Wildman–Crippen LogP) is 2.67. The molecule has 1 heterocycles. The Morgan fingerprint density at radius 1 is 1.25 bits per heavy atom. The van der Waals surface area contributed by atoms with Crippen LogP contribution in [0.5, 0.6) is 5.75 Å². The Balaban J connectivity index is 2.46. The van der Waals surface area contributed by atoms with Crippen molar-refractivity contribution in [3.8, 4) is 5.75 Å². The van der Waals surface area contributed by atoms with E-state index in [0.29, 0.717) is 0 Å². The van der Waals surface area contributed by atoms with Crippen molar-refractivity contribution in [2.75, 3.05) is 0 Å². The molecule has 0 aliphatic carbocycles. The lowest BCUT2D eigenvalue weighted by Crippen LogP contribution is -2.28. The minimum absolute atomic E-state index is 0.283. The summed E-state index contributed by atoms with van der Waals surface area (Å²) in [4.78, 5) is 0. The molecule has 0 bridgehead atoms. The number of hydrogen-bond acceptors (Lipinski definition) is 1. The first-order valence-electron chi connectivity index (χ1n) is 4.06. The van der Waals surface area contributed by atoms with Crippen molar-refractivity contribution in [2.45, 2.75) is 19.4 Å². The summed E-state index contributed by atoms with van der Waals surface area (Å²) in [6, 6.07) is 7.98. The van der Waals surface area contributed by atoms with Crippen molar-refractivity contribution in [3.05, 3.63) is 35.9 Å². The fraction of sp³-hybridized carbons (Fsp3) is 0.273. The summed E-state index contributed by atoms with van der Waals surface area (Å²) in [5.41, 5.74) is 0.825. The number of rotatable bonds is 0. The second-order valence-electron chi connectivity index (χ2n) is 3.44. The maximum absolute atomic E-state index is 5.68. The summed E-state index contributed by atoms with van der Waals surface area (Å²) in [6.45, 7) is 4.00. The van der Waals surface area contributed by atoms with Crippen molar-refractivity contribution in [3.63, 3.8) is 0 Å². The number of para-hydroxylation sites is 1. The molecule has 1 aliphatic rings. The molecule has 0 unspecified atom stereocenters. The molecule has 61 valence electrons. The molecule has 1 nitrogen and oxygen atoms in total. The van der Waals surface area contributed by atoms with E-state index in [0.717, 1.165) is 11.3 Å². The van der Waals surface area contributed by atoms with E-state index in [4.69, 9.17) is 4.74 Å². The van der Waals surface area contributed by atoms with Gasteiger partial charge in [-0.05, 0) is 26.0 Å². The average Bonchev–Trinajstić information content (AvgIpc) is 2.02. The molecular weight excluding hydrogens is 148 g/mol. The molecule has 1 aromatic carbocycles. The summed E-state index contributed by atoms with van der Waals surface area (Å²) in [6.07, 6.45) is 5.15. The molecule has 0 saturated carbocycles. The molecule has 2 rings (SSSR count). The van der Waals surface area contributed by atoms with Gasteiger partial charge in [-0.15, -0.1) is 0 Å². The molecule has 0 spiro atoms. The van der Waals surface area contributed by atoms with E-state index < -0.39 is 0 Å². The molecule has 1 aliphatic heterocycles. The van der Waals surface area contributed by atoms with Crippen LogP contribution in [0.3, 0.4) is 0 Å². The van der Waals surface area contributed by atoms with Crippen molar-refractivity contribution in [1.82, 2.24) is 0 Å². The minimum Gasteiger partial charge on any atom is -0.483 e. The van der Waals surface area contributed by atoms with Crippen LogP contribution < -0.4 is 4.74 Å². The minimum atomic E-state index is -0.283. The van der Waals surface area contributed by atoms with E-state index >= 15 is 0 Å². The van der Waals surface area contributed by atoms with Crippen LogP contribution in [0.25, 0.3) is 6.08 Å². The van der Waals surface area contributed by atoms with Gasteiger partial charge in [-0.25, -0.2) is 0 Å². The third kappa shape index (κ3) is 1.22. The number of fused-ring (bicyclic) bond motifs is 1. The van der Waals surface area contributed by atoms with E-state index in [2.05, 4.69) is 6.08 Å². The topological polar surface area (TPSA) is 9.23 Å². The van der Waals surface area contributed by atoms with Crippen molar-refractivity contribution in [2.24, 2.45) is 0 Å². The fourth-order valence-electron chi connectivity index (χ4n) is 1.25. The lowest BCUT2D eigenvalue weighted by molar-refractivity contribution is 0.151. The first kappa shape index (κ1) is 7.41. The lowest BCUT2D eigenvalue weighted by Gasteiger charge is -2.26. The highest BCUT2D eigenvalue weighted by molar-refractivity contribution is 5.58. The molecule has 1 aromatic rings. The van der Waals surface area contributed by atoms with E-state index in [1.54, 1.807) is 0 Å². The Morgan fingerprint density at radius 2 is 2.00 bits per heavy atom. The van der Waals surface area contributed by atoms with Crippen molar-refractivity contribution >= 4 is 6.08 Å². The van der Waals surface area contributed by atoms with Gasteiger partial charge in [-0.3, -0.25) is 0 Å². The first-order valence-corrected chi connectivity index (χ1v) is 4.06. The number of benzene rings is 1. The Bertz CT molecular complexity index is 324. The largest absolute Gasteiger partial charge is 0.483 e. The van der Waals surface area contributed by atoms with Gasteiger partial charge in [-0.1, -0.05) is 18.2 Å². The van der Waals surface area contributed by atoms with Crippen LogP contribution in [-0.4, -0.2) is 5.60 Å². The predicted molar refractivity (Wildman–Crippen MR) is 48.9 cm³/mol. The van der Waals surface area contributed by atoms with Gasteiger partial charge in [0.15, 0.2) is 0 Å². The average molecular weight is 159 g/mol. The normalized spacial score (nSPS) is 18.2. The summed E-state index contributed by atoms with van der Waals surface area (Å²) in [7, 11) is 0. The molecule has 1 radical (unpaired) electrons. The zero-order chi connectivity index (χ0) is 8.60. The van der Waals surface area contributed by atoms with Gasteiger partial charge in [0.05, 0.1) is 0 Å². The van der Waals surface area contributed by atoms with E-state index in [9.17, 15) is 0 Å². The summed E-state index contributed by atoms with van der Waals surface area (Å²) >= 11 is 0. The van der Waals surface area contributed by atoms with Gasteiger partial charge in [0, 0.05) is 11.6 Å². The lowest BCUT2D eigenvalue weighted by atomic mass is 10.0. The van der Waals surface area contributed by atoms with Gasteiger partial charge < -0.3 is 4.74 Å². The van der Waals surface area contributed by atoms with Gasteiger partial charge >= 0.3 is 0 Å². The number of ether oxygens (including phenoxy) is 1. The molecule has 0 N–H and O–H groups in total. The van der Waals surface area contributed by atoms with E-state index in [-0.39, 0.29) is 5.60 Å². The highest BCUT2D eigenvalue weighted by Gasteiger charge is 2.21. The van der Waals surface area contributed by atoms with E-state index in [1.807, 2.05) is 44.2 Å². The van der Waals surface area contributed by atoms with Crippen LogP contribution in [0.4, 0.5) is 0 Å². The Morgan fingerprint density at radius 3 is 2.83 bits per heavy atom. The molecule has 0 aromatic heterocycles. The van der Waals surface area contributed by atoms with Gasteiger partial charge in [0.25, 0.3) is 0 Å². The van der Waals surface area contributed by atoms with Crippen LogP contribution >= 0.6 is 0 Å². The monoisotopic (exact) mass is 159 g/mol. The van der Waals surface area contributed by atoms with Gasteiger partial charge in [0.2, 0.25) is 0 Å². The number of hydrogen-bond donors (Lipinski definition) is 0. The second kappa shape index (κ2) is 2.37. The van der Waals surface area contributed by atoms with Crippen molar-refractivity contribution in [1.29, 1.82) is 0 Å². The van der Waals surface area contributed by atoms with Crippen LogP contribution in [0, 0.1) is 6.08 Å². The van der Waals surface area contributed by atoms with Crippen molar-refractivity contribution < 1.29 is 4.74 Å². The van der Waals surface area contributed by atoms with Crippen LogP contribution in [0.15, 0.2) is 24.3 Å². The van der Waals surface area contributed by atoms with Gasteiger partial charge in [0.1, 0.15) is 11.4 Å². The molecule has 0 atom stereocenters. The third-order valence-corrected chi connectivity index (χ3v) is 1.86. The van der Waals surface area contributed by atoms with Crippen LogP contribution in [0.1, 0.15) is 19.4 Å². The second-order valence-corrected chi connectivity index (χ2v) is 3.44. The van der Waals surface area contributed by atoms with Gasteiger partial charge in [-0.2, -0.15) is 0 Å². The Hall–Kier alpha value is -1.24. The molecule has 1 heteroatoms. The first-order chi connectivity index (χ1) is 5.67.